The first-order valence-corrected chi connectivity index (χ1v) is 5.63. The first kappa shape index (κ1) is 9.76. The van der Waals surface area contributed by atoms with Crippen LogP contribution in [-0.4, -0.2) is 24.6 Å². The van der Waals surface area contributed by atoms with Crippen molar-refractivity contribution in [2.24, 2.45) is 0 Å². The number of pyridine rings is 1. The van der Waals surface area contributed by atoms with E-state index >= 15 is 0 Å². The number of rotatable bonds is 2. The maximum atomic E-state index is 11.0. The maximum Gasteiger partial charge on any atom is 0.235 e. The summed E-state index contributed by atoms with van der Waals surface area (Å²) in [5.74, 6) is 0. The predicted octanol–water partition coefficient (Wildman–Crippen LogP) is 1.36. The Balaban J connectivity index is 2.22. The monoisotopic (exact) mass is 212 g/mol. The molecule has 1 saturated heterocycles. The molecule has 1 aromatic rings. The summed E-state index contributed by atoms with van der Waals surface area (Å²) in [7, 11) is 0. The normalized spacial score (nSPS) is 25.1. The van der Waals surface area contributed by atoms with Gasteiger partial charge in [0.15, 0.2) is 0 Å². The van der Waals surface area contributed by atoms with Gasteiger partial charge in [-0.1, -0.05) is 6.07 Å². The van der Waals surface area contributed by atoms with Gasteiger partial charge in [-0.3, -0.25) is 9.54 Å². The molecule has 1 aliphatic heterocycles. The standard InChI is InChI=1S/C9H12N2O2S/c12-14(13)11-6-2-4-9(11)8-3-1-5-10-7-8/h1,3,5,7,9H,2,4,6H2,(H,12,13)/t9-/m0/s1. The summed E-state index contributed by atoms with van der Waals surface area (Å²) in [6.07, 6.45) is 5.36. The first-order chi connectivity index (χ1) is 6.79. The van der Waals surface area contributed by atoms with Crippen LogP contribution in [0.5, 0.6) is 0 Å². The molecule has 1 fully saturated rings. The maximum absolute atomic E-state index is 11.0. The zero-order valence-corrected chi connectivity index (χ0v) is 8.48. The van der Waals surface area contributed by atoms with Gasteiger partial charge in [0.25, 0.3) is 0 Å². The minimum Gasteiger partial charge on any atom is -0.294 e. The van der Waals surface area contributed by atoms with Crippen molar-refractivity contribution < 1.29 is 8.76 Å². The second-order valence-electron chi connectivity index (χ2n) is 3.32. The summed E-state index contributed by atoms with van der Waals surface area (Å²) in [6.45, 7) is 0.683. The molecule has 0 bridgehead atoms. The van der Waals surface area contributed by atoms with Gasteiger partial charge in [-0.25, -0.2) is 4.21 Å². The number of aromatic nitrogens is 1. The topological polar surface area (TPSA) is 53.4 Å². The molecule has 0 amide bonds. The van der Waals surface area contributed by atoms with Crippen LogP contribution in [-0.2, 0) is 11.3 Å². The summed E-state index contributed by atoms with van der Waals surface area (Å²) in [5, 5.41) is 0. The van der Waals surface area contributed by atoms with E-state index in [2.05, 4.69) is 4.98 Å². The fourth-order valence-corrected chi connectivity index (χ4v) is 2.56. The highest BCUT2D eigenvalue weighted by Gasteiger charge is 2.29. The van der Waals surface area contributed by atoms with Crippen molar-refractivity contribution in [3.05, 3.63) is 30.1 Å². The summed E-state index contributed by atoms with van der Waals surface area (Å²) in [6, 6.07) is 3.85. The molecule has 4 nitrogen and oxygen atoms in total. The molecule has 2 atom stereocenters. The molecular formula is C9H12N2O2S. The second kappa shape index (κ2) is 4.16. The molecule has 0 aromatic carbocycles. The third-order valence-electron chi connectivity index (χ3n) is 2.47. The van der Waals surface area contributed by atoms with Gasteiger partial charge >= 0.3 is 0 Å². The Kier molecular flexibility index (Phi) is 2.90. The average Bonchev–Trinajstić information content (AvgIpc) is 2.67. The van der Waals surface area contributed by atoms with E-state index in [1.54, 1.807) is 16.7 Å². The van der Waals surface area contributed by atoms with Gasteiger partial charge in [-0.05, 0) is 24.5 Å². The molecule has 1 N–H and O–H groups in total. The molecule has 14 heavy (non-hydrogen) atoms. The van der Waals surface area contributed by atoms with Gasteiger partial charge < -0.3 is 0 Å². The number of nitrogens with zero attached hydrogens (tertiary/aromatic N) is 2. The summed E-state index contributed by atoms with van der Waals surface area (Å²) in [5.41, 5.74) is 1.02. The Morgan fingerprint density at radius 3 is 3.14 bits per heavy atom. The van der Waals surface area contributed by atoms with Crippen LogP contribution >= 0.6 is 0 Å². The van der Waals surface area contributed by atoms with Gasteiger partial charge in [0.05, 0.1) is 6.04 Å². The molecule has 1 aliphatic rings. The molecule has 1 unspecified atom stereocenters. The lowest BCUT2D eigenvalue weighted by atomic mass is 10.1. The quantitative estimate of drug-likeness (QED) is 0.753. The van der Waals surface area contributed by atoms with E-state index in [1.807, 2.05) is 12.1 Å². The molecule has 76 valence electrons. The lowest BCUT2D eigenvalue weighted by Gasteiger charge is -2.19. The molecule has 0 radical (unpaired) electrons. The summed E-state index contributed by atoms with van der Waals surface area (Å²) in [4.78, 5) is 4.02. The van der Waals surface area contributed by atoms with E-state index in [-0.39, 0.29) is 6.04 Å². The van der Waals surface area contributed by atoms with E-state index in [1.165, 1.54) is 0 Å². The summed E-state index contributed by atoms with van der Waals surface area (Å²) < 4.78 is 21.7. The SMILES string of the molecule is O=S(O)N1CCC[C@H]1c1cccnc1. The molecular weight excluding hydrogens is 200 g/mol. The van der Waals surface area contributed by atoms with Crippen LogP contribution in [0.2, 0.25) is 0 Å². The van der Waals surface area contributed by atoms with Crippen LogP contribution in [0, 0.1) is 0 Å². The van der Waals surface area contributed by atoms with E-state index in [0.29, 0.717) is 6.54 Å². The Labute approximate surface area is 85.4 Å². The van der Waals surface area contributed by atoms with Crippen molar-refractivity contribution in [2.75, 3.05) is 6.54 Å². The van der Waals surface area contributed by atoms with Crippen LogP contribution in [0.1, 0.15) is 24.4 Å². The van der Waals surface area contributed by atoms with Crippen molar-refractivity contribution >= 4 is 11.3 Å². The van der Waals surface area contributed by atoms with Crippen molar-refractivity contribution in [3.8, 4) is 0 Å². The second-order valence-corrected chi connectivity index (χ2v) is 4.25. The Morgan fingerprint density at radius 2 is 2.50 bits per heavy atom. The lowest BCUT2D eigenvalue weighted by Crippen LogP contribution is -2.25. The predicted molar refractivity (Wildman–Crippen MR) is 53.7 cm³/mol. The van der Waals surface area contributed by atoms with Crippen LogP contribution in [0.4, 0.5) is 0 Å². The van der Waals surface area contributed by atoms with Crippen LogP contribution in [0.25, 0.3) is 0 Å². The molecule has 0 spiro atoms. The zero-order chi connectivity index (χ0) is 9.97. The van der Waals surface area contributed by atoms with E-state index < -0.39 is 11.3 Å². The zero-order valence-electron chi connectivity index (χ0n) is 7.67. The molecule has 1 aromatic heterocycles. The lowest BCUT2D eigenvalue weighted by molar-refractivity contribution is 0.383. The van der Waals surface area contributed by atoms with E-state index in [4.69, 9.17) is 4.55 Å². The third kappa shape index (κ3) is 1.84. The van der Waals surface area contributed by atoms with Gasteiger partial charge in [-0.15, -0.1) is 0 Å². The highest BCUT2D eigenvalue weighted by atomic mass is 32.2. The molecule has 5 heteroatoms. The Bertz CT molecular complexity index is 331. The van der Waals surface area contributed by atoms with Crippen molar-refractivity contribution in [2.45, 2.75) is 18.9 Å². The average molecular weight is 212 g/mol. The van der Waals surface area contributed by atoms with E-state index in [9.17, 15) is 4.21 Å². The molecule has 2 rings (SSSR count). The Hall–Kier alpha value is -0.780. The highest BCUT2D eigenvalue weighted by molar-refractivity contribution is 7.76. The van der Waals surface area contributed by atoms with Crippen molar-refractivity contribution in [1.29, 1.82) is 0 Å². The van der Waals surface area contributed by atoms with Crippen molar-refractivity contribution in [3.63, 3.8) is 0 Å². The highest BCUT2D eigenvalue weighted by Crippen LogP contribution is 2.31. The molecule has 0 saturated carbocycles. The first-order valence-electron chi connectivity index (χ1n) is 4.56. The smallest absolute Gasteiger partial charge is 0.235 e. The fraction of sp³-hybridized carbons (Fsp3) is 0.444. The van der Waals surface area contributed by atoms with Gasteiger partial charge in [-0.2, -0.15) is 4.31 Å². The van der Waals surface area contributed by atoms with Gasteiger partial charge in [0.1, 0.15) is 0 Å². The molecule has 0 aliphatic carbocycles. The summed E-state index contributed by atoms with van der Waals surface area (Å²) >= 11 is -1.87. The molecule has 2 heterocycles. The van der Waals surface area contributed by atoms with Crippen molar-refractivity contribution in [1.82, 2.24) is 9.29 Å². The van der Waals surface area contributed by atoms with Crippen LogP contribution in [0.15, 0.2) is 24.5 Å². The third-order valence-corrected chi connectivity index (χ3v) is 3.31. The van der Waals surface area contributed by atoms with Gasteiger partial charge in [0, 0.05) is 18.9 Å². The van der Waals surface area contributed by atoms with Gasteiger partial charge in [0.2, 0.25) is 11.3 Å². The van der Waals surface area contributed by atoms with E-state index in [0.717, 1.165) is 18.4 Å². The number of hydrogen-bond acceptors (Lipinski definition) is 2. The minimum absolute atomic E-state index is 0.0505. The number of hydrogen-bond donors (Lipinski definition) is 1. The fourth-order valence-electron chi connectivity index (χ4n) is 1.83. The largest absolute Gasteiger partial charge is 0.294 e. The minimum atomic E-state index is -1.87. The van der Waals surface area contributed by atoms with Crippen LogP contribution < -0.4 is 0 Å². The Morgan fingerprint density at radius 1 is 1.64 bits per heavy atom. The van der Waals surface area contributed by atoms with Crippen LogP contribution in [0.3, 0.4) is 0 Å².